The summed E-state index contributed by atoms with van der Waals surface area (Å²) >= 11 is 5.11. The van der Waals surface area contributed by atoms with Crippen molar-refractivity contribution in [3.8, 4) is 0 Å². The summed E-state index contributed by atoms with van der Waals surface area (Å²) in [6.07, 6.45) is 4.25. The first-order valence-corrected chi connectivity index (χ1v) is 18.7. The van der Waals surface area contributed by atoms with Gasteiger partial charge >= 0.3 is 46.3 Å². The standard InChI is InChI=1S/C24H21N2P.C14H20O9S.Au/c1-2-10-18(11-3-1)27-23(21-14-6-8-16-25-21)19-12-4-5-13-20(19)24(27)22-15-7-9-17-26-22;1-6(15)19-5-10-11(20-7(2)16)12(21-8(3)17)13(14(24)23-10)22-9(4)18;/h1-3,6-11,14-17H,4-5,12-13H2;10-14,24H,5H2,1-4H3;/q;;+1/t;10-,11-,12+,13-,14+;/m.1./s1. The van der Waals surface area contributed by atoms with Gasteiger partial charge in [0, 0.05) is 51.2 Å². The fourth-order valence-corrected chi connectivity index (χ4v) is 10.2. The number of pyridine rings is 2. The summed E-state index contributed by atoms with van der Waals surface area (Å²) in [6.45, 7) is 4.36. The van der Waals surface area contributed by atoms with E-state index in [0.717, 1.165) is 32.2 Å². The predicted molar refractivity (Wildman–Crippen MR) is 194 cm³/mol. The molecule has 0 N–H and O–H groups in total. The largest absolute Gasteiger partial charge is 1.00 e. The van der Waals surface area contributed by atoms with E-state index in [0.29, 0.717) is 0 Å². The molecule has 3 aromatic rings. The van der Waals surface area contributed by atoms with Crippen molar-refractivity contribution in [3.05, 3.63) is 102 Å². The number of fused-ring (bicyclic) bond motifs is 1. The van der Waals surface area contributed by atoms with E-state index >= 15 is 0 Å². The minimum atomic E-state index is -1.19. The Balaban J connectivity index is 0.000000231. The monoisotopic (exact) mass is 929 g/mol. The smallest absolute Gasteiger partial charge is 0.757 e. The molecule has 278 valence electrons. The summed E-state index contributed by atoms with van der Waals surface area (Å²) < 4.78 is 25.7. The van der Waals surface area contributed by atoms with Crippen LogP contribution in [0.25, 0.3) is 10.6 Å². The average Bonchev–Trinajstić information content (AvgIpc) is 3.46. The maximum atomic E-state index is 11.4. The molecule has 11 nitrogen and oxygen atoms in total. The molecule has 0 amide bonds. The van der Waals surface area contributed by atoms with E-state index in [1.54, 1.807) is 11.1 Å². The molecule has 1 aliphatic carbocycles. The molecule has 4 heterocycles. The molecule has 1 aromatic carbocycles. The third-order valence-electron chi connectivity index (χ3n) is 8.42. The van der Waals surface area contributed by atoms with Crippen LogP contribution >= 0.6 is 7.92 Å². The zero-order valence-electron chi connectivity index (χ0n) is 29.2. The Kier molecular flexibility index (Phi) is 15.4. The van der Waals surface area contributed by atoms with Crippen LogP contribution in [0.15, 0.2) is 90.3 Å². The SMILES string of the molecule is CC(=O)OC[C@H]1O[C@@H]([S-])[C@H](OC(C)=O)[C@@H](OC(C)=O)[C@@H]1OC(C)=O.[Au+].c1ccc([PH+]2C(c3ccccn3)=C3CCCCC3=C2c2ccccn2)cc1. The van der Waals surface area contributed by atoms with E-state index in [1.165, 1.54) is 48.5 Å². The number of allylic oxidation sites excluding steroid dienone is 2. The third kappa shape index (κ3) is 10.3. The van der Waals surface area contributed by atoms with E-state index in [1.807, 2.05) is 24.5 Å². The molecule has 5 atom stereocenters. The van der Waals surface area contributed by atoms with Crippen LogP contribution in [-0.2, 0) is 77.9 Å². The molecule has 6 rings (SSSR count). The second kappa shape index (κ2) is 19.4. The number of esters is 4. The van der Waals surface area contributed by atoms with Gasteiger partial charge in [0.05, 0.1) is 0 Å². The normalized spacial score (nSPS) is 22.5. The molecule has 1 saturated heterocycles. The van der Waals surface area contributed by atoms with Gasteiger partial charge in [-0.05, 0) is 67.5 Å². The minimum Gasteiger partial charge on any atom is -0.757 e. The van der Waals surface area contributed by atoms with Crippen molar-refractivity contribution in [3.63, 3.8) is 0 Å². The number of carbonyl (C=O) groups is 4. The summed E-state index contributed by atoms with van der Waals surface area (Å²) in [5.41, 5.74) is 4.31. The van der Waals surface area contributed by atoms with Gasteiger partial charge in [-0.3, -0.25) is 29.1 Å². The molecule has 0 radical (unpaired) electrons. The van der Waals surface area contributed by atoms with Crippen molar-refractivity contribution in [1.82, 2.24) is 9.97 Å². The van der Waals surface area contributed by atoms with E-state index in [9.17, 15) is 19.2 Å². The topological polar surface area (TPSA) is 140 Å². The molecule has 1 saturated carbocycles. The summed E-state index contributed by atoms with van der Waals surface area (Å²) in [6, 6.07) is 23.6. The average molecular weight is 930 g/mol. The second-order valence-electron chi connectivity index (χ2n) is 12.2. The Bertz CT molecular complexity index is 1710. The second-order valence-corrected chi connectivity index (χ2v) is 14.9. The molecule has 0 bridgehead atoms. The number of hydrogen-bond acceptors (Lipinski definition) is 12. The zero-order chi connectivity index (χ0) is 36.5. The summed E-state index contributed by atoms with van der Waals surface area (Å²) in [7, 11) is -1.12. The van der Waals surface area contributed by atoms with Crippen LogP contribution in [0.2, 0.25) is 0 Å². The Morgan fingerprint density at radius 3 is 1.63 bits per heavy atom. The number of carbonyl (C=O) groups excluding carboxylic acids is 4. The first-order valence-electron chi connectivity index (χ1n) is 16.7. The van der Waals surface area contributed by atoms with Crippen LogP contribution < -0.4 is 5.30 Å². The first kappa shape index (κ1) is 41.1. The van der Waals surface area contributed by atoms with E-state index < -0.39 is 61.7 Å². The van der Waals surface area contributed by atoms with Gasteiger partial charge in [-0.15, -0.1) is 0 Å². The maximum Gasteiger partial charge on any atom is 1.00 e. The van der Waals surface area contributed by atoms with Crippen LogP contribution in [0.5, 0.6) is 0 Å². The fourth-order valence-electron chi connectivity index (χ4n) is 6.55. The van der Waals surface area contributed by atoms with Crippen LogP contribution in [0.1, 0.15) is 64.8 Å². The number of ether oxygens (including phenoxy) is 5. The Labute approximate surface area is 325 Å². The Hall–Kier alpha value is -3.64. The molecule has 52 heavy (non-hydrogen) atoms. The summed E-state index contributed by atoms with van der Waals surface area (Å²) in [5, 5.41) is 4.41. The molecule has 0 spiro atoms. The summed E-state index contributed by atoms with van der Waals surface area (Å²) in [4.78, 5) is 54.6. The molecule has 2 fully saturated rings. The number of aromatic nitrogens is 2. The fraction of sp³-hybridized carbons (Fsp3) is 0.368. The van der Waals surface area contributed by atoms with Crippen molar-refractivity contribution >= 4 is 60.4 Å². The van der Waals surface area contributed by atoms with Gasteiger partial charge in [0.25, 0.3) is 0 Å². The van der Waals surface area contributed by atoms with Crippen molar-refractivity contribution in [1.29, 1.82) is 0 Å². The van der Waals surface area contributed by atoms with Gasteiger partial charge in [0.2, 0.25) is 0 Å². The first-order chi connectivity index (χ1) is 24.5. The quantitative estimate of drug-likeness (QED) is 0.0948. The van der Waals surface area contributed by atoms with Crippen molar-refractivity contribution < 1.29 is 65.2 Å². The van der Waals surface area contributed by atoms with Gasteiger partial charge in [-0.25, -0.2) is 0 Å². The summed E-state index contributed by atoms with van der Waals surface area (Å²) in [5.74, 6) is -2.62. The zero-order valence-corrected chi connectivity index (χ0v) is 33.2. The number of benzene rings is 1. The van der Waals surface area contributed by atoms with Gasteiger partial charge < -0.3 is 36.3 Å². The van der Waals surface area contributed by atoms with E-state index in [4.69, 9.17) is 46.3 Å². The molecule has 14 heteroatoms. The number of rotatable bonds is 8. The maximum absolute atomic E-state index is 11.4. The van der Waals surface area contributed by atoms with Crippen molar-refractivity contribution in [2.45, 2.75) is 83.2 Å². The minimum absolute atomic E-state index is 0. The van der Waals surface area contributed by atoms with Gasteiger partial charge in [-0.1, -0.05) is 30.3 Å². The molecule has 0 unspecified atom stereocenters. The number of nitrogens with zero attached hydrogens (tertiary/aromatic N) is 2. The molecule has 3 aliphatic rings. The number of hydrogen-bond donors (Lipinski definition) is 0. The van der Waals surface area contributed by atoms with E-state index in [2.05, 4.69) is 54.6 Å². The van der Waals surface area contributed by atoms with Gasteiger partial charge in [0.15, 0.2) is 12.2 Å². The van der Waals surface area contributed by atoms with Crippen LogP contribution in [0.4, 0.5) is 0 Å². The molecule has 2 aliphatic heterocycles. The molecule has 2 aromatic heterocycles. The van der Waals surface area contributed by atoms with Crippen LogP contribution in [0.3, 0.4) is 0 Å². The van der Waals surface area contributed by atoms with Crippen LogP contribution in [0, 0.1) is 0 Å². The molecular weight excluding hydrogens is 888 g/mol. The van der Waals surface area contributed by atoms with E-state index in [-0.39, 0.29) is 29.0 Å². The Morgan fingerprint density at radius 2 is 1.17 bits per heavy atom. The Morgan fingerprint density at radius 1 is 0.692 bits per heavy atom. The van der Waals surface area contributed by atoms with Gasteiger partial charge in [-0.2, -0.15) is 0 Å². The third-order valence-corrected chi connectivity index (χ3v) is 11.8. The van der Waals surface area contributed by atoms with Crippen molar-refractivity contribution in [2.24, 2.45) is 0 Å². The van der Waals surface area contributed by atoms with Crippen LogP contribution in [-0.4, -0.2) is 70.3 Å². The molecular formula is C38H41AuN2O9PS+. The van der Waals surface area contributed by atoms with Gasteiger partial charge in [0.1, 0.15) is 54.1 Å². The predicted octanol–water partition coefficient (Wildman–Crippen LogP) is 5.34. The van der Waals surface area contributed by atoms with Crippen molar-refractivity contribution in [2.75, 3.05) is 6.61 Å².